The lowest BCUT2D eigenvalue weighted by molar-refractivity contribution is 0.306. The third-order valence-electron chi connectivity index (χ3n) is 4.18. The van der Waals surface area contributed by atoms with Crippen molar-refractivity contribution in [3.8, 4) is 16.9 Å². The standard InChI is InChI=1S/C22H22O/c1-3-21-17(2)8-7-11-22(21)19-12-14-20(15-13-19)23-16-18-9-5-4-6-10-18/h4-15H,3,16H2,1-2H3. The molecule has 0 spiro atoms. The van der Waals surface area contributed by atoms with E-state index in [-0.39, 0.29) is 0 Å². The van der Waals surface area contributed by atoms with E-state index in [1.807, 2.05) is 18.2 Å². The molecule has 0 aliphatic carbocycles. The van der Waals surface area contributed by atoms with Crippen LogP contribution >= 0.6 is 0 Å². The zero-order chi connectivity index (χ0) is 16.1. The molecule has 0 bridgehead atoms. The quantitative estimate of drug-likeness (QED) is 0.578. The molecule has 0 aliphatic heterocycles. The van der Waals surface area contributed by atoms with Gasteiger partial charge in [0.15, 0.2) is 0 Å². The van der Waals surface area contributed by atoms with Gasteiger partial charge in [0.2, 0.25) is 0 Å². The molecular weight excluding hydrogens is 280 g/mol. The Balaban J connectivity index is 1.76. The molecule has 1 nitrogen and oxygen atoms in total. The fourth-order valence-corrected chi connectivity index (χ4v) is 2.91. The Kier molecular flexibility index (Phi) is 4.77. The SMILES string of the molecule is CCc1c(C)cccc1-c1ccc(OCc2ccccc2)cc1. The summed E-state index contributed by atoms with van der Waals surface area (Å²) in [5.74, 6) is 0.906. The van der Waals surface area contributed by atoms with Crippen molar-refractivity contribution in [3.63, 3.8) is 0 Å². The van der Waals surface area contributed by atoms with Gasteiger partial charge in [-0.1, -0.05) is 67.6 Å². The monoisotopic (exact) mass is 302 g/mol. The zero-order valence-corrected chi connectivity index (χ0v) is 13.8. The van der Waals surface area contributed by atoms with Crippen LogP contribution in [0.2, 0.25) is 0 Å². The van der Waals surface area contributed by atoms with Crippen molar-refractivity contribution in [1.82, 2.24) is 0 Å². The van der Waals surface area contributed by atoms with Crippen molar-refractivity contribution in [2.75, 3.05) is 0 Å². The van der Waals surface area contributed by atoms with Gasteiger partial charge in [-0.25, -0.2) is 0 Å². The number of aryl methyl sites for hydroxylation is 1. The Labute approximate surface area is 138 Å². The molecule has 0 radical (unpaired) electrons. The average molecular weight is 302 g/mol. The summed E-state index contributed by atoms with van der Waals surface area (Å²) in [6, 6.07) is 25.2. The van der Waals surface area contributed by atoms with E-state index >= 15 is 0 Å². The fraction of sp³-hybridized carbons (Fsp3) is 0.182. The molecule has 0 amide bonds. The van der Waals surface area contributed by atoms with Gasteiger partial charge in [0, 0.05) is 0 Å². The Hall–Kier alpha value is -2.54. The summed E-state index contributed by atoms with van der Waals surface area (Å²) >= 11 is 0. The van der Waals surface area contributed by atoms with E-state index in [2.05, 4.69) is 68.4 Å². The summed E-state index contributed by atoms with van der Waals surface area (Å²) in [5.41, 5.74) is 6.53. The summed E-state index contributed by atoms with van der Waals surface area (Å²) in [5, 5.41) is 0. The minimum Gasteiger partial charge on any atom is -0.489 e. The molecule has 0 saturated carbocycles. The first-order chi connectivity index (χ1) is 11.3. The molecule has 23 heavy (non-hydrogen) atoms. The summed E-state index contributed by atoms with van der Waals surface area (Å²) in [6.07, 6.45) is 1.05. The molecule has 0 unspecified atom stereocenters. The first-order valence-electron chi connectivity index (χ1n) is 8.13. The Morgan fingerprint density at radius 1 is 0.783 bits per heavy atom. The summed E-state index contributed by atoms with van der Waals surface area (Å²) in [6.45, 7) is 4.99. The molecule has 0 saturated heterocycles. The lowest BCUT2D eigenvalue weighted by Crippen LogP contribution is -1.95. The second-order valence-electron chi connectivity index (χ2n) is 5.75. The molecule has 0 N–H and O–H groups in total. The van der Waals surface area contributed by atoms with Crippen LogP contribution in [0.5, 0.6) is 5.75 Å². The van der Waals surface area contributed by atoms with Crippen LogP contribution in [0.25, 0.3) is 11.1 Å². The first kappa shape index (κ1) is 15.4. The van der Waals surface area contributed by atoms with Gasteiger partial charge in [-0.15, -0.1) is 0 Å². The molecule has 3 rings (SSSR count). The molecule has 3 aromatic carbocycles. The van der Waals surface area contributed by atoms with Crippen molar-refractivity contribution >= 4 is 0 Å². The maximum atomic E-state index is 5.86. The fourth-order valence-electron chi connectivity index (χ4n) is 2.91. The molecule has 0 atom stereocenters. The van der Waals surface area contributed by atoms with Gasteiger partial charge in [0.25, 0.3) is 0 Å². The topological polar surface area (TPSA) is 9.23 Å². The highest BCUT2D eigenvalue weighted by molar-refractivity contribution is 5.69. The van der Waals surface area contributed by atoms with Crippen LogP contribution in [0.15, 0.2) is 72.8 Å². The van der Waals surface area contributed by atoms with Crippen LogP contribution in [0, 0.1) is 6.92 Å². The van der Waals surface area contributed by atoms with E-state index in [0.29, 0.717) is 6.61 Å². The van der Waals surface area contributed by atoms with E-state index in [1.165, 1.54) is 27.8 Å². The van der Waals surface area contributed by atoms with Crippen LogP contribution < -0.4 is 4.74 Å². The molecular formula is C22H22O. The second kappa shape index (κ2) is 7.15. The molecule has 0 fully saturated rings. The number of ether oxygens (including phenoxy) is 1. The second-order valence-corrected chi connectivity index (χ2v) is 5.75. The highest BCUT2D eigenvalue weighted by Gasteiger charge is 2.06. The summed E-state index contributed by atoms with van der Waals surface area (Å²) in [4.78, 5) is 0. The van der Waals surface area contributed by atoms with Crippen LogP contribution in [-0.4, -0.2) is 0 Å². The van der Waals surface area contributed by atoms with Crippen LogP contribution in [-0.2, 0) is 13.0 Å². The van der Waals surface area contributed by atoms with Crippen LogP contribution in [0.3, 0.4) is 0 Å². The normalized spacial score (nSPS) is 10.5. The van der Waals surface area contributed by atoms with Gasteiger partial charge in [-0.2, -0.15) is 0 Å². The molecule has 1 heteroatoms. The number of benzene rings is 3. The van der Waals surface area contributed by atoms with E-state index in [1.54, 1.807) is 0 Å². The van der Waals surface area contributed by atoms with Gasteiger partial charge in [0.1, 0.15) is 12.4 Å². The van der Waals surface area contributed by atoms with Crippen molar-refractivity contribution < 1.29 is 4.74 Å². The molecule has 3 aromatic rings. The van der Waals surface area contributed by atoms with Crippen LogP contribution in [0.1, 0.15) is 23.6 Å². The first-order valence-corrected chi connectivity index (χ1v) is 8.13. The highest BCUT2D eigenvalue weighted by Crippen LogP contribution is 2.28. The maximum Gasteiger partial charge on any atom is 0.119 e. The summed E-state index contributed by atoms with van der Waals surface area (Å²) in [7, 11) is 0. The van der Waals surface area contributed by atoms with Gasteiger partial charge in [-0.05, 0) is 53.3 Å². The van der Waals surface area contributed by atoms with E-state index in [9.17, 15) is 0 Å². The van der Waals surface area contributed by atoms with Crippen molar-refractivity contribution in [2.45, 2.75) is 26.9 Å². The number of hydrogen-bond donors (Lipinski definition) is 0. The van der Waals surface area contributed by atoms with Gasteiger partial charge < -0.3 is 4.74 Å². The smallest absolute Gasteiger partial charge is 0.119 e. The van der Waals surface area contributed by atoms with Gasteiger partial charge >= 0.3 is 0 Å². The molecule has 0 aliphatic rings. The Morgan fingerprint density at radius 3 is 2.22 bits per heavy atom. The molecule has 0 aromatic heterocycles. The third kappa shape index (κ3) is 3.62. The van der Waals surface area contributed by atoms with Gasteiger partial charge in [0.05, 0.1) is 0 Å². The van der Waals surface area contributed by atoms with Crippen LogP contribution in [0.4, 0.5) is 0 Å². The van der Waals surface area contributed by atoms with E-state index in [4.69, 9.17) is 4.74 Å². The lowest BCUT2D eigenvalue weighted by Gasteiger charge is -2.12. The summed E-state index contributed by atoms with van der Waals surface area (Å²) < 4.78 is 5.86. The van der Waals surface area contributed by atoms with E-state index < -0.39 is 0 Å². The largest absolute Gasteiger partial charge is 0.489 e. The minimum absolute atomic E-state index is 0.602. The van der Waals surface area contributed by atoms with Crippen molar-refractivity contribution in [1.29, 1.82) is 0 Å². The van der Waals surface area contributed by atoms with Crippen molar-refractivity contribution in [2.24, 2.45) is 0 Å². The predicted octanol–water partition coefficient (Wildman–Crippen LogP) is 5.80. The zero-order valence-electron chi connectivity index (χ0n) is 13.8. The predicted molar refractivity (Wildman–Crippen MR) is 96.8 cm³/mol. The third-order valence-corrected chi connectivity index (χ3v) is 4.18. The average Bonchev–Trinajstić information content (AvgIpc) is 2.61. The molecule has 0 heterocycles. The van der Waals surface area contributed by atoms with E-state index in [0.717, 1.165) is 12.2 Å². The maximum absolute atomic E-state index is 5.86. The Bertz CT molecular complexity index is 758. The minimum atomic E-state index is 0.602. The number of hydrogen-bond acceptors (Lipinski definition) is 1. The molecule has 116 valence electrons. The van der Waals surface area contributed by atoms with Gasteiger partial charge in [-0.3, -0.25) is 0 Å². The number of rotatable bonds is 5. The lowest BCUT2D eigenvalue weighted by atomic mass is 9.94. The Morgan fingerprint density at radius 2 is 1.52 bits per heavy atom. The highest BCUT2D eigenvalue weighted by atomic mass is 16.5. The van der Waals surface area contributed by atoms with Crippen molar-refractivity contribution in [3.05, 3.63) is 89.5 Å².